The highest BCUT2D eigenvalue weighted by atomic mass is 16.2. The lowest BCUT2D eigenvalue weighted by atomic mass is 10.0. The van der Waals surface area contributed by atoms with Crippen LogP contribution in [0.15, 0.2) is 36.5 Å². The molecule has 3 heterocycles. The van der Waals surface area contributed by atoms with Gasteiger partial charge in [0.2, 0.25) is 11.8 Å². The zero-order valence-corrected chi connectivity index (χ0v) is 13.6. The molecule has 4 rings (SSSR count). The maximum atomic E-state index is 12.3. The van der Waals surface area contributed by atoms with Gasteiger partial charge in [-0.2, -0.15) is 0 Å². The number of carbonyl (C=O) groups is 2. The van der Waals surface area contributed by atoms with Gasteiger partial charge in [-0.25, -0.2) is 0 Å². The first-order valence-electron chi connectivity index (χ1n) is 8.29. The van der Waals surface area contributed by atoms with Crippen molar-refractivity contribution in [2.45, 2.75) is 25.6 Å². The monoisotopic (exact) mass is 324 g/mol. The standard InChI is InChI=1S/C18H20N4O2/c1-12-18(24)22-9-8-21(11-16(22)17(23)20-12)10-13-4-2-6-15-14(13)5-3-7-19-15/h2-7,12,16H,8-11H2,1H3,(H,20,23)/t12-,16+/m0/s1. The number of amides is 2. The van der Waals surface area contributed by atoms with Crippen LogP contribution in [0.3, 0.4) is 0 Å². The molecule has 2 atom stereocenters. The van der Waals surface area contributed by atoms with E-state index >= 15 is 0 Å². The van der Waals surface area contributed by atoms with Crippen molar-refractivity contribution >= 4 is 22.7 Å². The summed E-state index contributed by atoms with van der Waals surface area (Å²) in [6.07, 6.45) is 1.80. The molecule has 0 unspecified atom stereocenters. The van der Waals surface area contributed by atoms with Crippen LogP contribution in [0.1, 0.15) is 12.5 Å². The van der Waals surface area contributed by atoms with Crippen LogP contribution < -0.4 is 5.32 Å². The molecule has 6 nitrogen and oxygen atoms in total. The fourth-order valence-corrected chi connectivity index (χ4v) is 3.64. The Morgan fingerprint density at radius 1 is 1.21 bits per heavy atom. The van der Waals surface area contributed by atoms with Crippen LogP contribution in [-0.2, 0) is 16.1 Å². The topological polar surface area (TPSA) is 65.5 Å². The van der Waals surface area contributed by atoms with Gasteiger partial charge in [0.25, 0.3) is 0 Å². The number of nitrogens with one attached hydrogen (secondary N) is 1. The van der Waals surface area contributed by atoms with Crippen LogP contribution >= 0.6 is 0 Å². The number of carbonyl (C=O) groups excluding carboxylic acids is 2. The predicted octanol–water partition coefficient (Wildman–Crippen LogP) is 0.766. The molecule has 1 N–H and O–H groups in total. The van der Waals surface area contributed by atoms with Gasteiger partial charge in [0.15, 0.2) is 0 Å². The molecule has 2 saturated heterocycles. The lowest BCUT2D eigenvalue weighted by Crippen LogP contribution is -2.68. The fourth-order valence-electron chi connectivity index (χ4n) is 3.64. The molecule has 2 amide bonds. The summed E-state index contributed by atoms with van der Waals surface area (Å²) in [5.74, 6) is -0.0278. The summed E-state index contributed by atoms with van der Waals surface area (Å²) in [5.41, 5.74) is 2.18. The first-order valence-corrected chi connectivity index (χ1v) is 8.29. The van der Waals surface area contributed by atoms with Gasteiger partial charge in [0, 0.05) is 37.8 Å². The van der Waals surface area contributed by atoms with Crippen molar-refractivity contribution in [2.75, 3.05) is 19.6 Å². The summed E-state index contributed by atoms with van der Waals surface area (Å²) in [6.45, 7) is 4.44. The number of rotatable bonds is 2. The van der Waals surface area contributed by atoms with E-state index in [2.05, 4.69) is 27.3 Å². The summed E-state index contributed by atoms with van der Waals surface area (Å²) >= 11 is 0. The van der Waals surface area contributed by atoms with Gasteiger partial charge in [-0.05, 0) is 24.6 Å². The van der Waals surface area contributed by atoms with Gasteiger partial charge < -0.3 is 10.2 Å². The van der Waals surface area contributed by atoms with Crippen molar-refractivity contribution in [3.8, 4) is 0 Å². The van der Waals surface area contributed by atoms with Gasteiger partial charge in [0.1, 0.15) is 12.1 Å². The molecular weight excluding hydrogens is 304 g/mol. The average molecular weight is 324 g/mol. The highest BCUT2D eigenvalue weighted by molar-refractivity contribution is 5.97. The van der Waals surface area contributed by atoms with Crippen LogP contribution in [0.25, 0.3) is 10.9 Å². The highest BCUT2D eigenvalue weighted by Gasteiger charge is 2.41. The summed E-state index contributed by atoms with van der Waals surface area (Å²) in [7, 11) is 0. The van der Waals surface area contributed by atoms with Gasteiger partial charge in [-0.1, -0.05) is 18.2 Å². The fraction of sp³-hybridized carbons (Fsp3) is 0.389. The highest BCUT2D eigenvalue weighted by Crippen LogP contribution is 2.21. The Labute approximate surface area is 140 Å². The van der Waals surface area contributed by atoms with Gasteiger partial charge in [0.05, 0.1) is 5.52 Å². The minimum Gasteiger partial charge on any atom is -0.343 e. The van der Waals surface area contributed by atoms with Crippen molar-refractivity contribution < 1.29 is 9.59 Å². The van der Waals surface area contributed by atoms with E-state index in [-0.39, 0.29) is 17.9 Å². The largest absolute Gasteiger partial charge is 0.343 e. The first-order chi connectivity index (χ1) is 11.6. The molecule has 2 aliphatic rings. The molecule has 124 valence electrons. The molecule has 1 aromatic carbocycles. The maximum absolute atomic E-state index is 12.3. The molecule has 0 saturated carbocycles. The molecule has 2 aromatic rings. The average Bonchev–Trinajstić information content (AvgIpc) is 2.60. The van der Waals surface area contributed by atoms with E-state index in [1.165, 1.54) is 5.56 Å². The van der Waals surface area contributed by atoms with Crippen LogP contribution in [-0.4, -0.2) is 58.3 Å². The van der Waals surface area contributed by atoms with Crippen molar-refractivity contribution in [2.24, 2.45) is 0 Å². The van der Waals surface area contributed by atoms with Crippen LogP contribution in [0.2, 0.25) is 0 Å². The van der Waals surface area contributed by atoms with Crippen molar-refractivity contribution in [1.29, 1.82) is 0 Å². The zero-order valence-electron chi connectivity index (χ0n) is 13.6. The smallest absolute Gasteiger partial charge is 0.245 e. The molecule has 0 radical (unpaired) electrons. The molecule has 0 spiro atoms. The van der Waals surface area contributed by atoms with E-state index in [0.717, 1.165) is 24.0 Å². The second-order valence-corrected chi connectivity index (χ2v) is 6.50. The normalized spacial score (nSPS) is 24.8. The molecule has 0 aliphatic carbocycles. The lowest BCUT2D eigenvalue weighted by molar-refractivity contribution is -0.152. The van der Waals surface area contributed by atoms with Gasteiger partial charge >= 0.3 is 0 Å². The molecule has 0 bridgehead atoms. The van der Waals surface area contributed by atoms with E-state index in [1.807, 2.05) is 18.2 Å². The Hall–Kier alpha value is -2.47. The van der Waals surface area contributed by atoms with Gasteiger partial charge in [-0.15, -0.1) is 0 Å². The number of aromatic nitrogens is 1. The molecule has 2 aliphatic heterocycles. The molecular formula is C18H20N4O2. The Morgan fingerprint density at radius 2 is 2.08 bits per heavy atom. The number of nitrogens with zero attached hydrogens (tertiary/aromatic N) is 3. The first kappa shape index (κ1) is 15.1. The second-order valence-electron chi connectivity index (χ2n) is 6.50. The van der Waals surface area contributed by atoms with E-state index in [1.54, 1.807) is 18.0 Å². The van der Waals surface area contributed by atoms with Crippen molar-refractivity contribution in [3.05, 3.63) is 42.1 Å². The number of pyridine rings is 1. The molecule has 24 heavy (non-hydrogen) atoms. The summed E-state index contributed by atoms with van der Waals surface area (Å²) < 4.78 is 0. The Kier molecular flexibility index (Phi) is 3.69. The Bertz CT molecular complexity index is 801. The maximum Gasteiger partial charge on any atom is 0.245 e. The quantitative estimate of drug-likeness (QED) is 0.886. The third kappa shape index (κ3) is 2.53. The van der Waals surface area contributed by atoms with Crippen LogP contribution in [0, 0.1) is 0 Å². The summed E-state index contributed by atoms with van der Waals surface area (Å²) in [5, 5.41) is 3.91. The van der Waals surface area contributed by atoms with Crippen molar-refractivity contribution in [1.82, 2.24) is 20.1 Å². The van der Waals surface area contributed by atoms with E-state index in [0.29, 0.717) is 13.1 Å². The van der Waals surface area contributed by atoms with Gasteiger partial charge in [-0.3, -0.25) is 19.5 Å². The molecule has 6 heteroatoms. The molecule has 2 fully saturated rings. The minimum absolute atomic E-state index is 0.0219. The zero-order chi connectivity index (χ0) is 16.7. The molecule has 1 aromatic heterocycles. The number of hydrogen-bond acceptors (Lipinski definition) is 4. The van der Waals surface area contributed by atoms with Crippen LogP contribution in [0.4, 0.5) is 0 Å². The number of piperazine rings is 2. The third-order valence-corrected chi connectivity index (χ3v) is 4.91. The SMILES string of the molecule is C[C@@H]1NC(=O)[C@H]2CN(Cc3cccc4ncccc34)CCN2C1=O. The Morgan fingerprint density at radius 3 is 2.96 bits per heavy atom. The second kappa shape index (κ2) is 5.87. The number of benzene rings is 1. The van der Waals surface area contributed by atoms with E-state index in [9.17, 15) is 9.59 Å². The summed E-state index contributed by atoms with van der Waals surface area (Å²) in [4.78, 5) is 32.8. The van der Waals surface area contributed by atoms with E-state index < -0.39 is 6.04 Å². The number of hydrogen-bond donors (Lipinski definition) is 1. The lowest BCUT2D eigenvalue weighted by Gasteiger charge is -2.44. The summed E-state index contributed by atoms with van der Waals surface area (Å²) in [6, 6.07) is 9.35. The van der Waals surface area contributed by atoms with Crippen LogP contribution in [0.5, 0.6) is 0 Å². The van der Waals surface area contributed by atoms with Crippen molar-refractivity contribution in [3.63, 3.8) is 0 Å². The predicted molar refractivity (Wildman–Crippen MR) is 90.1 cm³/mol. The number of fused-ring (bicyclic) bond motifs is 2. The van der Waals surface area contributed by atoms with E-state index in [4.69, 9.17) is 0 Å². The minimum atomic E-state index is -0.413. The third-order valence-electron chi connectivity index (χ3n) is 4.91. The Balaban J connectivity index is 1.54.